The topological polar surface area (TPSA) is 64.6 Å². The maximum Gasteiger partial charge on any atom is 0.341 e. The molecule has 0 fully saturated rings. The lowest BCUT2D eigenvalue weighted by molar-refractivity contribution is -0.118. The fourth-order valence-electron chi connectivity index (χ4n) is 2.49. The predicted molar refractivity (Wildman–Crippen MR) is 119 cm³/mol. The van der Waals surface area contributed by atoms with Crippen molar-refractivity contribution < 1.29 is 19.1 Å². The van der Waals surface area contributed by atoms with Gasteiger partial charge in [0.2, 0.25) is 0 Å². The minimum absolute atomic E-state index is 0.284. The van der Waals surface area contributed by atoms with Crippen LogP contribution in [0.1, 0.15) is 10.4 Å². The molecule has 0 atom stereocenters. The molecule has 5 nitrogen and oxygen atoms in total. The van der Waals surface area contributed by atoms with Crippen molar-refractivity contribution in [2.45, 2.75) is 0 Å². The first-order chi connectivity index (χ1) is 13.9. The summed E-state index contributed by atoms with van der Waals surface area (Å²) in [5.74, 6) is -0.646. The van der Waals surface area contributed by atoms with Crippen LogP contribution < -0.4 is 10.1 Å². The number of amides is 1. The third kappa shape index (κ3) is 5.30. The summed E-state index contributed by atoms with van der Waals surface area (Å²) in [4.78, 5) is 24.7. The van der Waals surface area contributed by atoms with Gasteiger partial charge in [0.1, 0.15) is 16.3 Å². The Morgan fingerprint density at radius 2 is 1.86 bits per heavy atom. The average Bonchev–Trinajstić information content (AvgIpc) is 3.10. The Hall–Kier alpha value is -2.06. The van der Waals surface area contributed by atoms with E-state index in [4.69, 9.17) is 32.7 Å². The molecule has 0 saturated carbocycles. The van der Waals surface area contributed by atoms with Gasteiger partial charge < -0.3 is 14.8 Å². The molecule has 1 N–H and O–H groups in total. The highest BCUT2D eigenvalue weighted by atomic mass is 79.9. The van der Waals surface area contributed by atoms with Crippen molar-refractivity contribution in [1.82, 2.24) is 0 Å². The van der Waals surface area contributed by atoms with Crippen LogP contribution in [0.5, 0.6) is 5.75 Å². The van der Waals surface area contributed by atoms with E-state index in [9.17, 15) is 9.59 Å². The van der Waals surface area contributed by atoms with E-state index in [2.05, 4.69) is 21.2 Å². The van der Waals surface area contributed by atoms with E-state index in [1.54, 1.807) is 17.5 Å². The Morgan fingerprint density at radius 3 is 2.52 bits per heavy atom. The van der Waals surface area contributed by atoms with E-state index >= 15 is 0 Å². The molecule has 0 unspecified atom stereocenters. The fraction of sp³-hybridized carbons (Fsp3) is 0.100. The standard InChI is InChI=1S/C20H14BrCl2NO4S/c1-27-20(26)18-14(11-2-4-12(21)5-3-11)10-29-19(18)24-17(25)9-28-16-7-6-13(22)8-15(16)23/h2-8,10H,9H2,1H3,(H,24,25). The van der Waals surface area contributed by atoms with Gasteiger partial charge in [-0.2, -0.15) is 0 Å². The maximum absolute atomic E-state index is 12.4. The molecule has 0 aliphatic rings. The number of thiophene rings is 1. The van der Waals surface area contributed by atoms with Gasteiger partial charge in [-0.25, -0.2) is 4.79 Å². The Balaban J connectivity index is 1.78. The number of rotatable bonds is 6. The van der Waals surface area contributed by atoms with Crippen LogP contribution in [0.3, 0.4) is 0 Å². The van der Waals surface area contributed by atoms with Gasteiger partial charge in [0.25, 0.3) is 5.91 Å². The number of ether oxygens (including phenoxy) is 2. The van der Waals surface area contributed by atoms with Gasteiger partial charge >= 0.3 is 5.97 Å². The number of benzene rings is 2. The monoisotopic (exact) mass is 513 g/mol. The van der Waals surface area contributed by atoms with Crippen molar-refractivity contribution >= 4 is 67.3 Å². The van der Waals surface area contributed by atoms with Crippen LogP contribution in [0, 0.1) is 0 Å². The molecule has 2 aromatic carbocycles. The third-order valence-corrected chi connectivity index (χ3v) is 5.80. The van der Waals surface area contributed by atoms with Crippen LogP contribution in [-0.2, 0) is 9.53 Å². The Kier molecular flexibility index (Phi) is 7.18. The first kappa shape index (κ1) is 21.6. The zero-order chi connectivity index (χ0) is 21.0. The zero-order valence-corrected chi connectivity index (χ0v) is 18.9. The normalized spacial score (nSPS) is 10.5. The Bertz CT molecular complexity index is 1050. The number of carbonyl (C=O) groups is 2. The number of halogens is 3. The molecule has 9 heteroatoms. The second kappa shape index (κ2) is 9.63. The fourth-order valence-corrected chi connectivity index (χ4v) is 4.20. The summed E-state index contributed by atoms with van der Waals surface area (Å²) in [6.07, 6.45) is 0. The molecule has 0 saturated heterocycles. The number of nitrogens with one attached hydrogen (secondary N) is 1. The lowest BCUT2D eigenvalue weighted by Gasteiger charge is -2.10. The lowest BCUT2D eigenvalue weighted by Crippen LogP contribution is -2.21. The highest BCUT2D eigenvalue weighted by Crippen LogP contribution is 2.36. The molecule has 0 bridgehead atoms. The molecular formula is C20H14BrCl2NO4S. The van der Waals surface area contributed by atoms with Gasteiger partial charge in [-0.3, -0.25) is 4.79 Å². The first-order valence-electron chi connectivity index (χ1n) is 8.22. The van der Waals surface area contributed by atoms with E-state index in [-0.39, 0.29) is 12.2 Å². The van der Waals surface area contributed by atoms with Gasteiger partial charge in [0, 0.05) is 20.4 Å². The SMILES string of the molecule is COC(=O)c1c(-c2ccc(Br)cc2)csc1NC(=O)COc1ccc(Cl)cc1Cl. The minimum Gasteiger partial charge on any atom is -0.482 e. The number of methoxy groups -OCH3 is 1. The third-order valence-electron chi connectivity index (χ3n) is 3.84. The highest BCUT2D eigenvalue weighted by molar-refractivity contribution is 9.10. The first-order valence-corrected chi connectivity index (χ1v) is 10.7. The summed E-state index contributed by atoms with van der Waals surface area (Å²) in [5, 5.41) is 5.64. The minimum atomic E-state index is -0.541. The van der Waals surface area contributed by atoms with Crippen LogP contribution in [0.4, 0.5) is 5.00 Å². The molecule has 0 aliphatic heterocycles. The number of anilines is 1. The molecule has 0 radical (unpaired) electrons. The molecule has 150 valence electrons. The van der Waals surface area contributed by atoms with Crippen molar-refractivity contribution in [3.05, 3.63) is 67.9 Å². The van der Waals surface area contributed by atoms with Gasteiger partial charge in [0.15, 0.2) is 6.61 Å². The van der Waals surface area contributed by atoms with Gasteiger partial charge in [-0.15, -0.1) is 11.3 Å². The smallest absolute Gasteiger partial charge is 0.341 e. The largest absolute Gasteiger partial charge is 0.482 e. The zero-order valence-electron chi connectivity index (χ0n) is 15.0. The Labute approximate surface area is 189 Å². The molecule has 1 amide bonds. The van der Waals surface area contributed by atoms with Crippen molar-refractivity contribution in [1.29, 1.82) is 0 Å². The molecule has 0 aliphatic carbocycles. The summed E-state index contributed by atoms with van der Waals surface area (Å²) < 4.78 is 11.3. The number of hydrogen-bond donors (Lipinski definition) is 1. The Morgan fingerprint density at radius 1 is 1.14 bits per heavy atom. The molecule has 1 heterocycles. The van der Waals surface area contributed by atoms with Crippen LogP contribution >= 0.6 is 50.5 Å². The van der Waals surface area contributed by atoms with Crippen LogP contribution in [0.15, 0.2) is 52.3 Å². The second-order valence-corrected chi connectivity index (χ2v) is 8.40. The van der Waals surface area contributed by atoms with Gasteiger partial charge in [-0.05, 0) is 35.9 Å². The number of hydrogen-bond acceptors (Lipinski definition) is 5. The van der Waals surface area contributed by atoms with Gasteiger partial charge in [0.05, 0.1) is 12.1 Å². The highest BCUT2D eigenvalue weighted by Gasteiger charge is 2.22. The summed E-state index contributed by atoms with van der Waals surface area (Å²) in [7, 11) is 1.29. The molecule has 0 spiro atoms. The van der Waals surface area contributed by atoms with Crippen LogP contribution in [0.25, 0.3) is 11.1 Å². The summed E-state index contributed by atoms with van der Waals surface area (Å²) in [6.45, 7) is -0.284. The number of carbonyl (C=O) groups excluding carboxylic acids is 2. The van der Waals surface area contributed by atoms with Crippen LogP contribution in [0.2, 0.25) is 10.0 Å². The maximum atomic E-state index is 12.4. The summed E-state index contributed by atoms with van der Waals surface area (Å²) in [5.41, 5.74) is 1.79. The van der Waals surface area contributed by atoms with Crippen molar-refractivity contribution in [3.8, 4) is 16.9 Å². The second-order valence-electron chi connectivity index (χ2n) is 5.76. The molecule has 3 aromatic rings. The van der Waals surface area contributed by atoms with E-state index in [0.29, 0.717) is 26.4 Å². The summed E-state index contributed by atoms with van der Waals surface area (Å²) in [6, 6.07) is 12.2. The molecular weight excluding hydrogens is 501 g/mol. The molecule has 1 aromatic heterocycles. The quantitative estimate of drug-likeness (QED) is 0.392. The van der Waals surface area contributed by atoms with Crippen LogP contribution in [-0.4, -0.2) is 25.6 Å². The van der Waals surface area contributed by atoms with Gasteiger partial charge in [-0.1, -0.05) is 51.3 Å². The average molecular weight is 515 g/mol. The molecule has 3 rings (SSSR count). The van der Waals surface area contributed by atoms with E-state index in [1.807, 2.05) is 24.3 Å². The number of esters is 1. The van der Waals surface area contributed by atoms with Crippen molar-refractivity contribution in [2.24, 2.45) is 0 Å². The molecule has 29 heavy (non-hydrogen) atoms. The predicted octanol–water partition coefficient (Wildman–Crippen LogP) is 6.29. The van der Waals surface area contributed by atoms with E-state index in [0.717, 1.165) is 10.0 Å². The van der Waals surface area contributed by atoms with Crippen molar-refractivity contribution in [2.75, 3.05) is 19.0 Å². The lowest BCUT2D eigenvalue weighted by atomic mass is 10.0. The van der Waals surface area contributed by atoms with E-state index < -0.39 is 11.9 Å². The van der Waals surface area contributed by atoms with Crippen molar-refractivity contribution in [3.63, 3.8) is 0 Å². The van der Waals surface area contributed by atoms with E-state index in [1.165, 1.54) is 24.5 Å². The summed E-state index contributed by atoms with van der Waals surface area (Å²) >= 11 is 16.5.